The topological polar surface area (TPSA) is 56.2 Å². The van der Waals surface area contributed by atoms with Gasteiger partial charge < -0.3 is 5.73 Å². The molecule has 0 aromatic carbocycles. The highest BCUT2D eigenvalue weighted by Crippen LogP contribution is 2.32. The molecule has 0 saturated carbocycles. The number of nitrogens with zero attached hydrogens (tertiary/aromatic N) is 3. The van der Waals surface area contributed by atoms with E-state index in [0.717, 1.165) is 25.1 Å². The van der Waals surface area contributed by atoms with Crippen molar-refractivity contribution in [2.24, 2.45) is 5.73 Å². The van der Waals surface area contributed by atoms with E-state index < -0.39 is 17.8 Å². The standard InChI is InChI=1S/C12H14ClF3N4/c1-2-3-4-9(17)11-19-18-10-8(13)5-7(6-20(10)11)12(14,15)16/h5-6,9H,2-4,17H2,1H3. The van der Waals surface area contributed by atoms with Gasteiger partial charge in [-0.2, -0.15) is 13.2 Å². The number of unbranched alkanes of at least 4 members (excludes halogenated alkanes) is 1. The summed E-state index contributed by atoms with van der Waals surface area (Å²) < 4.78 is 39.6. The average molecular weight is 307 g/mol. The van der Waals surface area contributed by atoms with Crippen molar-refractivity contribution in [1.29, 1.82) is 0 Å². The van der Waals surface area contributed by atoms with Gasteiger partial charge >= 0.3 is 6.18 Å². The minimum atomic E-state index is -4.48. The van der Waals surface area contributed by atoms with E-state index in [2.05, 4.69) is 10.2 Å². The minimum absolute atomic E-state index is 0.0960. The van der Waals surface area contributed by atoms with Gasteiger partial charge in [-0.3, -0.25) is 4.40 Å². The summed E-state index contributed by atoms with van der Waals surface area (Å²) in [6.45, 7) is 2.01. The number of rotatable bonds is 4. The lowest BCUT2D eigenvalue weighted by atomic mass is 10.1. The molecule has 2 aromatic rings. The van der Waals surface area contributed by atoms with Crippen molar-refractivity contribution in [3.05, 3.63) is 28.7 Å². The van der Waals surface area contributed by atoms with Crippen molar-refractivity contribution in [2.75, 3.05) is 0 Å². The number of nitrogens with two attached hydrogens (primary N) is 1. The number of halogens is 4. The molecular formula is C12H14ClF3N4. The number of hydrogen-bond donors (Lipinski definition) is 1. The number of alkyl halides is 3. The number of fused-ring (bicyclic) bond motifs is 1. The number of pyridine rings is 1. The molecule has 2 rings (SSSR count). The fourth-order valence-corrected chi connectivity index (χ4v) is 2.18. The molecule has 0 amide bonds. The summed E-state index contributed by atoms with van der Waals surface area (Å²) in [5.41, 5.74) is 5.29. The van der Waals surface area contributed by atoms with Crippen LogP contribution >= 0.6 is 11.6 Å². The largest absolute Gasteiger partial charge is 0.417 e. The molecule has 0 radical (unpaired) electrons. The molecule has 1 unspecified atom stereocenters. The molecule has 8 heteroatoms. The van der Waals surface area contributed by atoms with Gasteiger partial charge in [0.1, 0.15) is 0 Å². The molecule has 0 aliphatic carbocycles. The molecule has 110 valence electrons. The summed E-state index contributed by atoms with van der Waals surface area (Å²) in [5, 5.41) is 7.58. The Bertz CT molecular complexity index is 609. The molecule has 2 heterocycles. The smallest absolute Gasteiger partial charge is 0.321 e. The van der Waals surface area contributed by atoms with Crippen LogP contribution in [0.4, 0.5) is 13.2 Å². The third-order valence-corrected chi connectivity index (χ3v) is 3.29. The molecule has 0 aliphatic rings. The normalized spacial score (nSPS) is 13.9. The highest BCUT2D eigenvalue weighted by Gasteiger charge is 2.32. The van der Waals surface area contributed by atoms with E-state index in [0.29, 0.717) is 12.2 Å². The zero-order valence-electron chi connectivity index (χ0n) is 10.8. The predicted octanol–water partition coefficient (Wildman–Crippen LogP) is 3.59. The number of aromatic nitrogens is 3. The quantitative estimate of drug-likeness (QED) is 0.939. The second-order valence-corrected chi connectivity index (χ2v) is 4.98. The Labute approximate surface area is 118 Å². The fourth-order valence-electron chi connectivity index (χ4n) is 1.93. The second kappa shape index (κ2) is 5.57. The molecule has 20 heavy (non-hydrogen) atoms. The Morgan fingerprint density at radius 3 is 2.70 bits per heavy atom. The first-order valence-electron chi connectivity index (χ1n) is 6.21. The van der Waals surface area contributed by atoms with Gasteiger partial charge in [0.2, 0.25) is 0 Å². The van der Waals surface area contributed by atoms with E-state index >= 15 is 0 Å². The Kier molecular flexibility index (Phi) is 4.19. The summed E-state index contributed by atoms with van der Waals surface area (Å²) in [5.74, 6) is 0.293. The minimum Gasteiger partial charge on any atom is -0.321 e. The molecule has 1 atom stereocenters. The first-order valence-corrected chi connectivity index (χ1v) is 6.59. The Morgan fingerprint density at radius 2 is 2.10 bits per heavy atom. The van der Waals surface area contributed by atoms with Crippen molar-refractivity contribution in [2.45, 2.75) is 38.4 Å². The van der Waals surface area contributed by atoms with Gasteiger partial charge in [-0.1, -0.05) is 31.4 Å². The highest BCUT2D eigenvalue weighted by atomic mass is 35.5. The van der Waals surface area contributed by atoms with E-state index in [1.165, 1.54) is 4.40 Å². The molecule has 0 spiro atoms. The van der Waals surface area contributed by atoms with Gasteiger partial charge in [-0.15, -0.1) is 10.2 Å². The van der Waals surface area contributed by atoms with Gasteiger partial charge in [0.15, 0.2) is 11.5 Å². The maximum Gasteiger partial charge on any atom is 0.417 e. The van der Waals surface area contributed by atoms with Gasteiger partial charge in [0, 0.05) is 6.20 Å². The van der Waals surface area contributed by atoms with E-state index in [1.54, 1.807) is 0 Å². The van der Waals surface area contributed by atoms with Crippen LogP contribution in [0.3, 0.4) is 0 Å². The Balaban J connectivity index is 2.50. The third-order valence-electron chi connectivity index (χ3n) is 3.01. The molecule has 2 N–H and O–H groups in total. The number of hydrogen-bond acceptors (Lipinski definition) is 3. The fraction of sp³-hybridized carbons (Fsp3) is 0.500. The van der Waals surface area contributed by atoms with Crippen LogP contribution in [0.2, 0.25) is 5.02 Å². The van der Waals surface area contributed by atoms with E-state index in [9.17, 15) is 13.2 Å². The maximum absolute atomic E-state index is 12.8. The first-order chi connectivity index (χ1) is 9.34. The van der Waals surface area contributed by atoms with Crippen molar-refractivity contribution in [1.82, 2.24) is 14.6 Å². The zero-order valence-corrected chi connectivity index (χ0v) is 11.5. The van der Waals surface area contributed by atoms with Crippen LogP contribution in [-0.2, 0) is 6.18 Å². The molecule has 2 aromatic heterocycles. The Morgan fingerprint density at radius 1 is 1.40 bits per heavy atom. The first kappa shape index (κ1) is 15.1. The van der Waals surface area contributed by atoms with Crippen LogP contribution in [-0.4, -0.2) is 14.6 Å². The molecular weight excluding hydrogens is 293 g/mol. The monoisotopic (exact) mass is 306 g/mol. The summed E-state index contributed by atoms with van der Waals surface area (Å²) in [7, 11) is 0. The summed E-state index contributed by atoms with van der Waals surface area (Å²) in [6.07, 6.45) is -1.11. The molecule has 0 fully saturated rings. The maximum atomic E-state index is 12.8. The van der Waals surface area contributed by atoms with Crippen LogP contribution in [0.25, 0.3) is 5.65 Å². The molecule has 0 aliphatic heterocycles. The van der Waals surface area contributed by atoms with E-state index in [4.69, 9.17) is 17.3 Å². The van der Waals surface area contributed by atoms with Crippen LogP contribution in [0.5, 0.6) is 0 Å². The SMILES string of the molecule is CCCCC(N)c1nnc2c(Cl)cc(C(F)(F)F)cn12. The van der Waals surface area contributed by atoms with Crippen LogP contribution in [0.15, 0.2) is 12.3 Å². The van der Waals surface area contributed by atoms with Crippen molar-refractivity contribution >= 4 is 17.2 Å². The lowest BCUT2D eigenvalue weighted by Gasteiger charge is -2.11. The third kappa shape index (κ3) is 2.88. The van der Waals surface area contributed by atoms with Crippen LogP contribution in [0, 0.1) is 0 Å². The second-order valence-electron chi connectivity index (χ2n) is 4.58. The van der Waals surface area contributed by atoms with E-state index in [-0.39, 0.29) is 10.7 Å². The van der Waals surface area contributed by atoms with Gasteiger partial charge in [-0.05, 0) is 12.5 Å². The van der Waals surface area contributed by atoms with Gasteiger partial charge in [0.05, 0.1) is 16.6 Å². The van der Waals surface area contributed by atoms with Gasteiger partial charge in [-0.25, -0.2) is 0 Å². The van der Waals surface area contributed by atoms with Crippen molar-refractivity contribution in [3.8, 4) is 0 Å². The Hall–Kier alpha value is -1.34. The zero-order chi connectivity index (χ0) is 14.9. The van der Waals surface area contributed by atoms with Crippen molar-refractivity contribution in [3.63, 3.8) is 0 Å². The predicted molar refractivity (Wildman–Crippen MR) is 69.5 cm³/mol. The van der Waals surface area contributed by atoms with E-state index in [1.807, 2.05) is 6.92 Å². The molecule has 4 nitrogen and oxygen atoms in total. The highest BCUT2D eigenvalue weighted by molar-refractivity contribution is 6.33. The molecule has 0 bridgehead atoms. The lowest BCUT2D eigenvalue weighted by Crippen LogP contribution is -2.15. The molecule has 0 saturated heterocycles. The van der Waals surface area contributed by atoms with Gasteiger partial charge in [0.25, 0.3) is 0 Å². The van der Waals surface area contributed by atoms with Crippen LogP contribution in [0.1, 0.15) is 43.6 Å². The lowest BCUT2D eigenvalue weighted by molar-refractivity contribution is -0.137. The summed E-state index contributed by atoms with van der Waals surface area (Å²) in [4.78, 5) is 0. The van der Waals surface area contributed by atoms with Crippen LogP contribution < -0.4 is 5.73 Å². The average Bonchev–Trinajstić information content (AvgIpc) is 2.79. The summed E-state index contributed by atoms with van der Waals surface area (Å²) in [6, 6.07) is 0.372. The van der Waals surface area contributed by atoms with Crippen molar-refractivity contribution < 1.29 is 13.2 Å². The summed E-state index contributed by atoms with van der Waals surface area (Å²) >= 11 is 5.83.